The summed E-state index contributed by atoms with van der Waals surface area (Å²) in [4.78, 5) is 22.7. The number of ether oxygens (including phenoxy) is 2. The summed E-state index contributed by atoms with van der Waals surface area (Å²) in [6.45, 7) is 3.18. The summed E-state index contributed by atoms with van der Waals surface area (Å²) in [5, 5.41) is 2.68. The maximum absolute atomic E-state index is 11.6. The molecule has 0 saturated carbocycles. The Morgan fingerprint density at radius 1 is 1.29 bits per heavy atom. The Kier molecular flexibility index (Phi) is 7.60. The fourth-order valence-corrected chi connectivity index (χ4v) is 1.47. The lowest BCUT2D eigenvalue weighted by Gasteiger charge is -2.06. The van der Waals surface area contributed by atoms with Crippen LogP contribution in [0.1, 0.15) is 17.3 Å². The first-order valence-corrected chi connectivity index (χ1v) is 6.71. The minimum atomic E-state index is -0.395. The third kappa shape index (κ3) is 6.58. The molecule has 1 amide bonds. The summed E-state index contributed by atoms with van der Waals surface area (Å²) in [7, 11) is 0. The van der Waals surface area contributed by atoms with Crippen LogP contribution in [0.2, 0.25) is 0 Å². The van der Waals surface area contributed by atoms with Crippen LogP contribution in [0, 0.1) is 0 Å². The molecule has 0 aromatic heterocycles. The van der Waals surface area contributed by atoms with Gasteiger partial charge in [-0.1, -0.05) is 0 Å². The molecule has 0 bridgehead atoms. The van der Waals surface area contributed by atoms with Gasteiger partial charge in [0, 0.05) is 24.7 Å². The van der Waals surface area contributed by atoms with Gasteiger partial charge in [-0.25, -0.2) is 4.79 Å². The van der Waals surface area contributed by atoms with Gasteiger partial charge in [0.25, 0.3) is 5.91 Å². The summed E-state index contributed by atoms with van der Waals surface area (Å²) >= 11 is 0. The lowest BCUT2D eigenvalue weighted by molar-refractivity contribution is -0.137. The first kappa shape index (κ1) is 16.7. The number of esters is 1. The van der Waals surface area contributed by atoms with Crippen molar-refractivity contribution in [3.05, 3.63) is 42.0 Å². The van der Waals surface area contributed by atoms with Crippen LogP contribution in [0.15, 0.2) is 36.4 Å². The Bertz CT molecular complexity index is 483. The minimum absolute atomic E-state index is 0.172. The molecule has 0 spiro atoms. The van der Waals surface area contributed by atoms with Gasteiger partial charge in [0.1, 0.15) is 12.4 Å². The maximum Gasteiger partial charge on any atom is 0.330 e. The van der Waals surface area contributed by atoms with Crippen molar-refractivity contribution in [3.8, 4) is 5.75 Å². The van der Waals surface area contributed by atoms with E-state index in [9.17, 15) is 9.59 Å². The van der Waals surface area contributed by atoms with Crippen LogP contribution in [0.4, 0.5) is 0 Å². The number of carbonyl (C=O) groups excluding carboxylic acids is 2. The van der Waals surface area contributed by atoms with Crippen LogP contribution in [0.3, 0.4) is 0 Å². The number of nitrogens with two attached hydrogens (primary N) is 1. The predicted octanol–water partition coefficient (Wildman–Crippen LogP) is 0.873. The second-order valence-electron chi connectivity index (χ2n) is 4.03. The molecule has 6 nitrogen and oxygen atoms in total. The van der Waals surface area contributed by atoms with Crippen LogP contribution < -0.4 is 15.8 Å². The molecule has 6 heteroatoms. The van der Waals surface area contributed by atoms with Gasteiger partial charge in [0.05, 0.1) is 6.61 Å². The van der Waals surface area contributed by atoms with Gasteiger partial charge in [-0.2, -0.15) is 0 Å². The number of hydrogen-bond donors (Lipinski definition) is 2. The Morgan fingerprint density at radius 3 is 2.62 bits per heavy atom. The van der Waals surface area contributed by atoms with E-state index in [0.29, 0.717) is 31.0 Å². The van der Waals surface area contributed by atoms with Crippen LogP contribution in [0.25, 0.3) is 0 Å². The van der Waals surface area contributed by atoms with Crippen molar-refractivity contribution in [1.29, 1.82) is 0 Å². The second-order valence-corrected chi connectivity index (χ2v) is 4.03. The monoisotopic (exact) mass is 292 g/mol. The van der Waals surface area contributed by atoms with Gasteiger partial charge in [-0.05, 0) is 37.3 Å². The van der Waals surface area contributed by atoms with Gasteiger partial charge in [-0.15, -0.1) is 0 Å². The Labute approximate surface area is 123 Å². The van der Waals surface area contributed by atoms with E-state index in [1.54, 1.807) is 37.3 Å². The smallest absolute Gasteiger partial charge is 0.330 e. The lowest BCUT2D eigenvalue weighted by atomic mass is 10.2. The predicted molar refractivity (Wildman–Crippen MR) is 79.1 cm³/mol. The number of carbonyl (C=O) groups is 2. The number of benzene rings is 1. The molecule has 1 aromatic carbocycles. The largest absolute Gasteiger partial charge is 0.490 e. The molecule has 0 unspecified atom stereocenters. The standard InChI is InChI=1S/C15H20N2O4/c1-2-20-14(18)4-3-11-21-13-7-5-12(6-8-13)15(19)17-10-9-16/h3-8H,2,9-11,16H2,1H3,(H,17,19)/b4-3+. The van der Waals surface area contributed by atoms with Gasteiger partial charge < -0.3 is 20.5 Å². The number of rotatable bonds is 8. The maximum atomic E-state index is 11.6. The zero-order valence-electron chi connectivity index (χ0n) is 12.0. The quantitative estimate of drug-likeness (QED) is 0.548. The Balaban J connectivity index is 2.41. The molecule has 0 radical (unpaired) electrons. The number of hydrogen-bond acceptors (Lipinski definition) is 5. The molecule has 0 aliphatic carbocycles. The van der Waals surface area contributed by atoms with Crippen molar-refractivity contribution in [2.45, 2.75) is 6.92 Å². The van der Waals surface area contributed by atoms with Gasteiger partial charge in [0.15, 0.2) is 0 Å². The van der Waals surface area contributed by atoms with E-state index >= 15 is 0 Å². The van der Waals surface area contributed by atoms with Crippen molar-refractivity contribution in [2.75, 3.05) is 26.3 Å². The van der Waals surface area contributed by atoms with Gasteiger partial charge >= 0.3 is 5.97 Å². The highest BCUT2D eigenvalue weighted by Gasteiger charge is 2.04. The highest BCUT2D eigenvalue weighted by molar-refractivity contribution is 5.94. The van der Waals surface area contributed by atoms with Crippen molar-refractivity contribution < 1.29 is 19.1 Å². The highest BCUT2D eigenvalue weighted by Crippen LogP contribution is 2.12. The fourth-order valence-electron chi connectivity index (χ4n) is 1.47. The molecule has 0 aliphatic heterocycles. The summed E-state index contributed by atoms with van der Waals surface area (Å²) in [5.41, 5.74) is 5.85. The van der Waals surface area contributed by atoms with Crippen molar-refractivity contribution in [2.24, 2.45) is 5.73 Å². The van der Waals surface area contributed by atoms with E-state index in [-0.39, 0.29) is 12.5 Å². The summed E-state index contributed by atoms with van der Waals surface area (Å²) in [5.74, 6) is 0.0427. The van der Waals surface area contributed by atoms with E-state index in [1.807, 2.05) is 0 Å². The van der Waals surface area contributed by atoms with Crippen LogP contribution in [-0.4, -0.2) is 38.2 Å². The number of nitrogens with one attached hydrogen (secondary N) is 1. The molecular formula is C15H20N2O4. The van der Waals surface area contributed by atoms with E-state index in [0.717, 1.165) is 0 Å². The average molecular weight is 292 g/mol. The first-order chi connectivity index (χ1) is 10.2. The molecule has 0 fully saturated rings. The van der Waals surface area contributed by atoms with Gasteiger partial charge in [-0.3, -0.25) is 4.79 Å². The lowest BCUT2D eigenvalue weighted by Crippen LogP contribution is -2.28. The minimum Gasteiger partial charge on any atom is -0.490 e. The van der Waals surface area contributed by atoms with Crippen molar-refractivity contribution in [3.63, 3.8) is 0 Å². The topological polar surface area (TPSA) is 90.6 Å². The second kappa shape index (κ2) is 9.55. The molecule has 1 aromatic rings. The van der Waals surface area contributed by atoms with E-state index in [2.05, 4.69) is 5.32 Å². The molecular weight excluding hydrogens is 272 g/mol. The van der Waals surface area contributed by atoms with Crippen molar-refractivity contribution >= 4 is 11.9 Å². The third-order valence-electron chi connectivity index (χ3n) is 2.43. The third-order valence-corrected chi connectivity index (χ3v) is 2.43. The molecule has 0 saturated heterocycles. The zero-order valence-corrected chi connectivity index (χ0v) is 12.0. The van der Waals surface area contributed by atoms with Crippen molar-refractivity contribution in [1.82, 2.24) is 5.32 Å². The Morgan fingerprint density at radius 2 is 2.00 bits per heavy atom. The summed E-state index contributed by atoms with van der Waals surface area (Å²) in [6, 6.07) is 6.71. The molecule has 0 atom stereocenters. The SMILES string of the molecule is CCOC(=O)/C=C/COc1ccc(C(=O)NCCN)cc1. The van der Waals surface area contributed by atoms with E-state index < -0.39 is 5.97 Å². The van der Waals surface area contributed by atoms with Gasteiger partial charge in [0.2, 0.25) is 0 Å². The zero-order chi connectivity index (χ0) is 15.5. The number of amides is 1. The molecule has 0 aliphatic rings. The van der Waals surface area contributed by atoms with E-state index in [4.69, 9.17) is 15.2 Å². The van der Waals surface area contributed by atoms with Crippen LogP contribution in [0.5, 0.6) is 5.75 Å². The first-order valence-electron chi connectivity index (χ1n) is 6.71. The average Bonchev–Trinajstić information content (AvgIpc) is 2.50. The highest BCUT2D eigenvalue weighted by atomic mass is 16.5. The van der Waals surface area contributed by atoms with E-state index in [1.165, 1.54) is 6.08 Å². The van der Waals surface area contributed by atoms with Crippen LogP contribution in [-0.2, 0) is 9.53 Å². The molecule has 21 heavy (non-hydrogen) atoms. The van der Waals surface area contributed by atoms with Crippen LogP contribution >= 0.6 is 0 Å². The Hall–Kier alpha value is -2.34. The fraction of sp³-hybridized carbons (Fsp3) is 0.333. The normalized spacial score (nSPS) is 10.4. The molecule has 114 valence electrons. The molecule has 3 N–H and O–H groups in total. The molecule has 0 heterocycles. The summed E-state index contributed by atoms with van der Waals surface area (Å²) in [6.07, 6.45) is 2.89. The summed E-state index contributed by atoms with van der Waals surface area (Å²) < 4.78 is 10.1. The molecule has 1 rings (SSSR count).